The highest BCUT2D eigenvalue weighted by Crippen LogP contribution is 2.43. The molecular formula is C21H23NO3S. The van der Waals surface area contributed by atoms with E-state index in [-0.39, 0.29) is 6.10 Å². The molecule has 136 valence electrons. The van der Waals surface area contributed by atoms with Crippen molar-refractivity contribution in [2.45, 2.75) is 37.2 Å². The minimum absolute atomic E-state index is 0.0724. The number of nitrogens with zero attached hydrogens (tertiary/aromatic N) is 1. The monoisotopic (exact) mass is 369 g/mol. The predicted molar refractivity (Wildman–Crippen MR) is 102 cm³/mol. The van der Waals surface area contributed by atoms with Crippen molar-refractivity contribution in [1.29, 1.82) is 0 Å². The number of aryl methyl sites for hydroxylation is 1. The largest absolute Gasteiger partial charge is 0.374 e. The van der Waals surface area contributed by atoms with E-state index >= 15 is 0 Å². The second-order valence-electron chi connectivity index (χ2n) is 7.05. The van der Waals surface area contributed by atoms with Crippen molar-refractivity contribution in [2.24, 2.45) is 5.92 Å². The first-order chi connectivity index (χ1) is 12.6. The number of sulfonamides is 1. The topological polar surface area (TPSA) is 46.6 Å². The van der Waals surface area contributed by atoms with Gasteiger partial charge in [-0.3, -0.25) is 0 Å². The summed E-state index contributed by atoms with van der Waals surface area (Å²) in [7, 11) is -3.68. The standard InChI is InChI=1S/C21H23NO3S/c1-16-9-11-20(12-10-16)26(23,24)22(19-7-3-2-4-8-19)15-18-14-17-6-5-13-25-21(17)18/h2-4,7-12,15,17,21H,5-6,13-14H2,1H3/b18-15-/t17-,21-/m0/s1. The zero-order valence-electron chi connectivity index (χ0n) is 14.8. The Morgan fingerprint density at radius 3 is 2.50 bits per heavy atom. The maximum atomic E-state index is 13.3. The van der Waals surface area contributed by atoms with Gasteiger partial charge in [-0.1, -0.05) is 35.9 Å². The number of benzene rings is 2. The van der Waals surface area contributed by atoms with Gasteiger partial charge in [0, 0.05) is 12.8 Å². The molecule has 1 heterocycles. The molecule has 0 N–H and O–H groups in total. The third-order valence-corrected chi connectivity index (χ3v) is 6.88. The van der Waals surface area contributed by atoms with Crippen molar-refractivity contribution in [1.82, 2.24) is 0 Å². The fraction of sp³-hybridized carbons (Fsp3) is 0.333. The lowest BCUT2D eigenvalue weighted by atomic mass is 9.73. The van der Waals surface area contributed by atoms with Crippen LogP contribution < -0.4 is 4.31 Å². The number of ether oxygens (including phenoxy) is 1. The third-order valence-electron chi connectivity index (χ3n) is 5.18. The molecule has 0 unspecified atom stereocenters. The zero-order valence-corrected chi connectivity index (χ0v) is 15.7. The van der Waals surface area contributed by atoms with Gasteiger partial charge >= 0.3 is 0 Å². The van der Waals surface area contributed by atoms with Gasteiger partial charge in [-0.25, -0.2) is 12.7 Å². The lowest BCUT2D eigenvalue weighted by molar-refractivity contribution is -0.0399. The van der Waals surface area contributed by atoms with Gasteiger partial charge in [0.25, 0.3) is 10.0 Å². The van der Waals surface area contributed by atoms with Crippen LogP contribution in [0.2, 0.25) is 0 Å². The molecule has 4 rings (SSSR count). The number of fused-ring (bicyclic) bond motifs is 1. The molecule has 0 aromatic heterocycles. The summed E-state index contributed by atoms with van der Waals surface area (Å²) in [4.78, 5) is 0.296. The molecule has 0 amide bonds. The summed E-state index contributed by atoms with van der Waals surface area (Å²) >= 11 is 0. The van der Waals surface area contributed by atoms with Crippen LogP contribution in [0.1, 0.15) is 24.8 Å². The SMILES string of the molecule is Cc1ccc(S(=O)(=O)N(/C=C2/C[C@@H]3CCCO[C@H]23)c2ccccc2)cc1. The lowest BCUT2D eigenvalue weighted by Crippen LogP contribution is -2.42. The maximum absolute atomic E-state index is 13.3. The number of para-hydroxylation sites is 1. The molecule has 5 heteroatoms. The molecule has 0 radical (unpaired) electrons. The van der Waals surface area contributed by atoms with Crippen LogP contribution in [-0.2, 0) is 14.8 Å². The molecule has 2 fully saturated rings. The second kappa shape index (κ2) is 6.89. The van der Waals surface area contributed by atoms with E-state index < -0.39 is 10.0 Å². The Morgan fingerprint density at radius 1 is 1.08 bits per heavy atom. The number of anilines is 1. The third kappa shape index (κ3) is 3.17. The van der Waals surface area contributed by atoms with Crippen LogP contribution in [0.4, 0.5) is 5.69 Å². The minimum Gasteiger partial charge on any atom is -0.374 e. The fourth-order valence-corrected chi connectivity index (χ4v) is 5.06. The van der Waals surface area contributed by atoms with E-state index in [1.54, 1.807) is 18.3 Å². The van der Waals surface area contributed by atoms with Crippen LogP contribution in [0.3, 0.4) is 0 Å². The zero-order chi connectivity index (χ0) is 18.1. The summed E-state index contributed by atoms with van der Waals surface area (Å²) in [6.07, 6.45) is 5.02. The molecule has 2 aromatic carbocycles. The van der Waals surface area contributed by atoms with E-state index in [1.165, 1.54) is 4.31 Å². The van der Waals surface area contributed by atoms with E-state index in [0.29, 0.717) is 16.5 Å². The van der Waals surface area contributed by atoms with Gasteiger partial charge in [-0.2, -0.15) is 0 Å². The first-order valence-corrected chi connectivity index (χ1v) is 10.5. The molecule has 26 heavy (non-hydrogen) atoms. The van der Waals surface area contributed by atoms with E-state index in [1.807, 2.05) is 49.4 Å². The molecule has 4 nitrogen and oxygen atoms in total. The predicted octanol–water partition coefficient (Wildman–Crippen LogP) is 4.27. The molecule has 2 atom stereocenters. The number of hydrogen-bond acceptors (Lipinski definition) is 3. The van der Waals surface area contributed by atoms with E-state index in [4.69, 9.17) is 4.74 Å². The Morgan fingerprint density at radius 2 is 1.81 bits per heavy atom. The van der Waals surface area contributed by atoms with Crippen molar-refractivity contribution in [2.75, 3.05) is 10.9 Å². The molecule has 1 aliphatic heterocycles. The van der Waals surface area contributed by atoms with E-state index in [2.05, 4.69) is 0 Å². The smallest absolute Gasteiger partial charge is 0.268 e. The summed E-state index contributed by atoms with van der Waals surface area (Å²) < 4.78 is 33.9. The van der Waals surface area contributed by atoms with Crippen molar-refractivity contribution in [3.8, 4) is 0 Å². The molecule has 1 saturated heterocycles. The Kier molecular flexibility index (Phi) is 4.59. The van der Waals surface area contributed by atoms with Crippen LogP contribution in [0.15, 0.2) is 71.3 Å². The van der Waals surface area contributed by atoms with Gasteiger partial charge in [0.15, 0.2) is 0 Å². The van der Waals surface area contributed by atoms with Gasteiger partial charge in [-0.15, -0.1) is 0 Å². The molecule has 1 aliphatic carbocycles. The molecule has 0 spiro atoms. The number of hydrogen-bond donors (Lipinski definition) is 0. The summed E-state index contributed by atoms with van der Waals surface area (Å²) in [5, 5.41) is 0. The Hall–Kier alpha value is -2.11. The van der Waals surface area contributed by atoms with Crippen molar-refractivity contribution in [3.05, 3.63) is 71.9 Å². The fourth-order valence-electron chi connectivity index (χ4n) is 3.68. The van der Waals surface area contributed by atoms with Crippen LogP contribution in [0.5, 0.6) is 0 Å². The van der Waals surface area contributed by atoms with Crippen LogP contribution in [-0.4, -0.2) is 21.1 Å². The van der Waals surface area contributed by atoms with Crippen LogP contribution in [0.25, 0.3) is 0 Å². The van der Waals surface area contributed by atoms with Gasteiger partial charge in [-0.05, 0) is 61.9 Å². The van der Waals surface area contributed by atoms with Crippen LogP contribution in [0, 0.1) is 12.8 Å². The Labute approximate surface area is 155 Å². The average molecular weight is 369 g/mol. The number of rotatable bonds is 4. The molecule has 1 saturated carbocycles. The molecule has 2 aromatic rings. The lowest BCUT2D eigenvalue weighted by Gasteiger charge is -2.43. The molecule has 2 aliphatic rings. The average Bonchev–Trinajstić information content (AvgIpc) is 2.63. The van der Waals surface area contributed by atoms with Crippen molar-refractivity contribution >= 4 is 15.7 Å². The van der Waals surface area contributed by atoms with Gasteiger partial charge in [0.05, 0.1) is 16.7 Å². The minimum atomic E-state index is -3.68. The maximum Gasteiger partial charge on any atom is 0.268 e. The quantitative estimate of drug-likeness (QED) is 0.808. The van der Waals surface area contributed by atoms with Crippen molar-refractivity contribution < 1.29 is 13.2 Å². The highest BCUT2D eigenvalue weighted by molar-refractivity contribution is 7.93. The summed E-state index contributed by atoms with van der Waals surface area (Å²) in [5.74, 6) is 0.537. The van der Waals surface area contributed by atoms with Gasteiger partial charge in [0.2, 0.25) is 0 Å². The summed E-state index contributed by atoms with van der Waals surface area (Å²) in [5.41, 5.74) is 2.74. The Bertz CT molecular complexity index is 904. The first kappa shape index (κ1) is 17.3. The van der Waals surface area contributed by atoms with Gasteiger partial charge in [0.1, 0.15) is 0 Å². The Balaban J connectivity index is 1.73. The van der Waals surface area contributed by atoms with Crippen molar-refractivity contribution in [3.63, 3.8) is 0 Å². The normalized spacial score (nSPS) is 24.0. The molecule has 0 bridgehead atoms. The summed E-state index contributed by atoms with van der Waals surface area (Å²) in [6, 6.07) is 16.2. The van der Waals surface area contributed by atoms with Crippen LogP contribution >= 0.6 is 0 Å². The van der Waals surface area contributed by atoms with E-state index in [0.717, 1.165) is 37.0 Å². The van der Waals surface area contributed by atoms with E-state index in [9.17, 15) is 8.42 Å². The highest BCUT2D eigenvalue weighted by Gasteiger charge is 2.40. The second-order valence-corrected chi connectivity index (χ2v) is 8.87. The van der Waals surface area contributed by atoms with Gasteiger partial charge < -0.3 is 4.74 Å². The molecular weight excluding hydrogens is 346 g/mol. The first-order valence-electron chi connectivity index (χ1n) is 9.04. The highest BCUT2D eigenvalue weighted by atomic mass is 32.2. The summed E-state index contributed by atoms with van der Waals surface area (Å²) in [6.45, 7) is 2.71.